The minimum atomic E-state index is -1.43. The van der Waals surface area contributed by atoms with E-state index in [0.717, 1.165) is 18.1 Å². The van der Waals surface area contributed by atoms with E-state index in [1.165, 1.54) is 23.3 Å². The molecule has 0 aliphatic carbocycles. The molecule has 0 saturated heterocycles. The summed E-state index contributed by atoms with van der Waals surface area (Å²) in [5.41, 5.74) is 4.54. The van der Waals surface area contributed by atoms with Crippen molar-refractivity contribution < 1.29 is 17.6 Å². The van der Waals surface area contributed by atoms with E-state index in [-0.39, 0.29) is 16.4 Å². The zero-order chi connectivity index (χ0) is 35.2. The molecule has 0 N–H and O–H groups in total. The molecule has 8 heteroatoms. The summed E-state index contributed by atoms with van der Waals surface area (Å²) in [6.07, 6.45) is 1.65. The van der Waals surface area contributed by atoms with E-state index in [2.05, 4.69) is 70.8 Å². The first-order valence-corrected chi connectivity index (χ1v) is 16.0. The van der Waals surface area contributed by atoms with Gasteiger partial charge >= 0.3 is 0 Å². The van der Waals surface area contributed by atoms with Gasteiger partial charge in [0, 0.05) is 34.0 Å². The highest BCUT2D eigenvalue weighted by Crippen LogP contribution is 2.34. The maximum atomic E-state index is 14.6. The molecule has 248 valence electrons. The third-order valence-corrected chi connectivity index (χ3v) is 8.63. The van der Waals surface area contributed by atoms with Crippen LogP contribution >= 0.6 is 0 Å². The fourth-order valence-corrected chi connectivity index (χ4v) is 5.50. The molecular weight excluding hydrogens is 624 g/mol. The van der Waals surface area contributed by atoms with Gasteiger partial charge in [0.25, 0.3) is 0 Å². The molecule has 6 rings (SSSR count). The smallest absolute Gasteiger partial charge is 0.170 e. The minimum absolute atomic E-state index is 0.000614. The lowest BCUT2D eigenvalue weighted by Crippen LogP contribution is -2.10. The Morgan fingerprint density at radius 1 is 0.429 bits per heavy atom. The van der Waals surface area contributed by atoms with E-state index in [1.807, 2.05) is 30.3 Å². The average molecular weight is 661 g/mol. The lowest BCUT2D eigenvalue weighted by atomic mass is 9.86. The number of hydrogen-bond acceptors (Lipinski definition) is 4. The summed E-state index contributed by atoms with van der Waals surface area (Å²) < 4.78 is 57.6. The minimum Gasteiger partial charge on any atom is -0.255 e. The molecule has 0 radical (unpaired) electrons. The monoisotopic (exact) mass is 660 g/mol. The molecule has 0 aliphatic rings. The van der Waals surface area contributed by atoms with Crippen molar-refractivity contribution in [2.75, 3.05) is 0 Å². The van der Waals surface area contributed by atoms with Gasteiger partial charge in [0.15, 0.2) is 40.7 Å². The van der Waals surface area contributed by atoms with Crippen molar-refractivity contribution in [3.8, 4) is 56.5 Å². The van der Waals surface area contributed by atoms with Crippen LogP contribution in [0, 0.1) is 30.2 Å². The van der Waals surface area contributed by atoms with Gasteiger partial charge in [0.1, 0.15) is 0 Å². The zero-order valence-electron chi connectivity index (χ0n) is 28.5. The van der Waals surface area contributed by atoms with Gasteiger partial charge in [-0.3, -0.25) is 4.98 Å². The van der Waals surface area contributed by atoms with Gasteiger partial charge in [-0.05, 0) is 46.6 Å². The van der Waals surface area contributed by atoms with Crippen molar-refractivity contribution >= 4 is 0 Å². The Morgan fingerprint density at radius 2 is 0.796 bits per heavy atom. The lowest BCUT2D eigenvalue weighted by Gasteiger charge is -2.19. The lowest BCUT2D eigenvalue weighted by molar-refractivity contribution is 0.449. The van der Waals surface area contributed by atoms with Gasteiger partial charge in [0.2, 0.25) is 0 Å². The topological polar surface area (TPSA) is 51.6 Å². The summed E-state index contributed by atoms with van der Waals surface area (Å²) in [6, 6.07) is 26.1. The molecule has 0 saturated carbocycles. The number of hydrogen-bond donors (Lipinski definition) is 0. The second kappa shape index (κ2) is 12.7. The third kappa shape index (κ3) is 6.73. The Balaban J connectivity index is 1.36. The van der Waals surface area contributed by atoms with E-state index < -0.39 is 34.4 Å². The molecule has 2 heterocycles. The normalized spacial score (nSPS) is 12.0. The summed E-state index contributed by atoms with van der Waals surface area (Å²) >= 11 is 0. The Kier molecular flexibility index (Phi) is 8.69. The van der Waals surface area contributed by atoms with Crippen molar-refractivity contribution in [2.45, 2.75) is 59.3 Å². The second-order valence-corrected chi connectivity index (χ2v) is 14.2. The molecule has 6 aromatic rings. The Labute approximate surface area is 284 Å². The van der Waals surface area contributed by atoms with Crippen LogP contribution in [0.15, 0.2) is 91.1 Å². The fraction of sp³-hybridized carbons (Fsp3) is 0.220. The summed E-state index contributed by atoms with van der Waals surface area (Å²) in [7, 11) is 0. The molecule has 4 nitrogen and oxygen atoms in total. The van der Waals surface area contributed by atoms with E-state index in [0.29, 0.717) is 34.3 Å². The Morgan fingerprint density at radius 3 is 1.18 bits per heavy atom. The van der Waals surface area contributed by atoms with Crippen LogP contribution in [0.3, 0.4) is 0 Å². The standard InChI is InChI=1S/C41H36F4N4/c1-23-33(42)35(44)32(36(45)34(23)43)25-10-8-24(9-11-25)31-21-16-28(22-46-31)39-48-37(26-12-17-29(18-13-26)40(2,3)4)47-38(49-39)27-14-19-30(20-15-27)41(5,6)7/h8-22H,1-7H3. The molecule has 0 unspecified atom stereocenters. The molecule has 0 atom stereocenters. The first-order valence-electron chi connectivity index (χ1n) is 16.0. The van der Waals surface area contributed by atoms with E-state index in [4.69, 9.17) is 15.0 Å². The predicted octanol–water partition coefficient (Wildman–Crippen LogP) is 11.1. The summed E-state index contributed by atoms with van der Waals surface area (Å²) in [6.45, 7) is 14.0. The molecule has 0 amide bonds. The highest BCUT2D eigenvalue weighted by molar-refractivity contribution is 5.72. The molecule has 49 heavy (non-hydrogen) atoms. The molecule has 2 aromatic heterocycles. The van der Waals surface area contributed by atoms with Gasteiger partial charge < -0.3 is 0 Å². The van der Waals surface area contributed by atoms with Gasteiger partial charge in [-0.2, -0.15) is 0 Å². The number of benzene rings is 4. The molecule has 0 aliphatic heterocycles. The maximum Gasteiger partial charge on any atom is 0.170 e. The van der Waals surface area contributed by atoms with Gasteiger partial charge in [0.05, 0.1) is 11.3 Å². The van der Waals surface area contributed by atoms with Crippen LogP contribution in [-0.2, 0) is 10.8 Å². The number of halogens is 4. The van der Waals surface area contributed by atoms with Crippen LogP contribution < -0.4 is 0 Å². The number of pyridine rings is 1. The average Bonchev–Trinajstić information content (AvgIpc) is 3.09. The fourth-order valence-electron chi connectivity index (χ4n) is 5.50. The van der Waals surface area contributed by atoms with Crippen LogP contribution in [0.4, 0.5) is 17.6 Å². The van der Waals surface area contributed by atoms with Crippen molar-refractivity contribution in [2.24, 2.45) is 0 Å². The highest BCUT2D eigenvalue weighted by atomic mass is 19.2. The van der Waals surface area contributed by atoms with Crippen LogP contribution in [0.5, 0.6) is 0 Å². The first-order chi connectivity index (χ1) is 23.1. The van der Waals surface area contributed by atoms with Gasteiger partial charge in [-0.1, -0.05) is 114 Å². The Hall–Kier alpha value is -5.24. The van der Waals surface area contributed by atoms with Crippen LogP contribution in [0.2, 0.25) is 0 Å². The SMILES string of the molecule is Cc1c(F)c(F)c(-c2ccc(-c3ccc(-c4nc(-c5ccc(C(C)(C)C)cc5)nc(-c5ccc(C(C)(C)C)cc5)n4)cn3)cc2)c(F)c1F. The summed E-state index contributed by atoms with van der Waals surface area (Å²) in [4.78, 5) is 19.2. The van der Waals surface area contributed by atoms with Crippen molar-refractivity contribution in [3.05, 3.63) is 131 Å². The third-order valence-electron chi connectivity index (χ3n) is 8.63. The second-order valence-electron chi connectivity index (χ2n) is 14.2. The number of rotatable bonds is 5. The van der Waals surface area contributed by atoms with Gasteiger partial charge in [-0.25, -0.2) is 32.5 Å². The van der Waals surface area contributed by atoms with Crippen LogP contribution in [-0.4, -0.2) is 19.9 Å². The Bertz CT molecular complexity index is 2040. The van der Waals surface area contributed by atoms with Crippen molar-refractivity contribution in [3.63, 3.8) is 0 Å². The summed E-state index contributed by atoms with van der Waals surface area (Å²) in [5.74, 6) is -4.18. The molecular formula is C41H36F4N4. The molecule has 4 aromatic carbocycles. The molecule has 0 spiro atoms. The molecule has 0 bridgehead atoms. The molecule has 0 fully saturated rings. The van der Waals surface area contributed by atoms with Crippen LogP contribution in [0.1, 0.15) is 58.2 Å². The first kappa shape index (κ1) is 33.7. The van der Waals surface area contributed by atoms with Crippen LogP contribution in [0.25, 0.3) is 56.5 Å². The predicted molar refractivity (Wildman–Crippen MR) is 187 cm³/mol. The maximum absolute atomic E-state index is 14.6. The van der Waals surface area contributed by atoms with E-state index >= 15 is 0 Å². The highest BCUT2D eigenvalue weighted by Gasteiger charge is 2.24. The number of aromatic nitrogens is 4. The van der Waals surface area contributed by atoms with E-state index in [9.17, 15) is 17.6 Å². The van der Waals surface area contributed by atoms with E-state index in [1.54, 1.807) is 24.4 Å². The number of nitrogens with zero attached hydrogens (tertiary/aromatic N) is 4. The quantitative estimate of drug-likeness (QED) is 0.136. The zero-order valence-corrected chi connectivity index (χ0v) is 28.5. The van der Waals surface area contributed by atoms with Gasteiger partial charge in [-0.15, -0.1) is 0 Å². The van der Waals surface area contributed by atoms with Crippen molar-refractivity contribution in [1.29, 1.82) is 0 Å². The van der Waals surface area contributed by atoms with Crippen molar-refractivity contribution in [1.82, 2.24) is 19.9 Å². The largest absolute Gasteiger partial charge is 0.255 e. The summed E-state index contributed by atoms with van der Waals surface area (Å²) in [5, 5.41) is 0.